The van der Waals surface area contributed by atoms with Gasteiger partial charge in [0.1, 0.15) is 18.1 Å². The molecule has 0 aliphatic carbocycles. The summed E-state index contributed by atoms with van der Waals surface area (Å²) in [4.78, 5) is 56.8. The Morgan fingerprint density at radius 2 is 1.54 bits per heavy atom. The first-order valence-corrected chi connectivity index (χ1v) is 11.5. The molecule has 0 bridgehead atoms. The van der Waals surface area contributed by atoms with Gasteiger partial charge < -0.3 is 31.8 Å². The van der Waals surface area contributed by atoms with Crippen molar-refractivity contribution in [1.29, 1.82) is 0 Å². The minimum Gasteiger partial charge on any atom is -0.480 e. The molecule has 11 heteroatoms. The van der Waals surface area contributed by atoms with Crippen LogP contribution in [0.5, 0.6) is 0 Å². The molecule has 3 amide bonds. The molecule has 1 aromatic carbocycles. The summed E-state index contributed by atoms with van der Waals surface area (Å²) in [6.07, 6.45) is 3.60. The van der Waals surface area contributed by atoms with E-state index in [4.69, 9.17) is 10.8 Å². The second kappa shape index (κ2) is 13.2. The molecule has 11 nitrogen and oxygen atoms in total. The Hall–Kier alpha value is -3.73. The van der Waals surface area contributed by atoms with Gasteiger partial charge in [-0.05, 0) is 24.8 Å². The second-order valence-electron chi connectivity index (χ2n) is 8.90. The number of amides is 3. The fourth-order valence-electron chi connectivity index (χ4n) is 3.43. The molecule has 0 spiro atoms. The Bertz CT molecular complexity index is 980. The van der Waals surface area contributed by atoms with Crippen LogP contribution in [0.2, 0.25) is 0 Å². The van der Waals surface area contributed by atoms with Crippen LogP contribution >= 0.6 is 0 Å². The number of nitrogens with one attached hydrogen (secondary N) is 4. The second-order valence-corrected chi connectivity index (χ2v) is 8.90. The van der Waals surface area contributed by atoms with E-state index in [9.17, 15) is 19.2 Å². The topological polar surface area (TPSA) is 179 Å². The average molecular weight is 487 g/mol. The zero-order chi connectivity index (χ0) is 26.0. The van der Waals surface area contributed by atoms with Crippen molar-refractivity contribution in [1.82, 2.24) is 25.9 Å². The van der Waals surface area contributed by atoms with Gasteiger partial charge in [-0.1, -0.05) is 44.2 Å². The highest BCUT2D eigenvalue weighted by Crippen LogP contribution is 2.08. The number of carbonyl (C=O) groups excluding carboxylic acids is 3. The number of carbonyl (C=O) groups is 4. The van der Waals surface area contributed by atoms with Crippen LogP contribution in [0, 0.1) is 5.92 Å². The molecule has 35 heavy (non-hydrogen) atoms. The molecule has 4 atom stereocenters. The zero-order valence-corrected chi connectivity index (χ0v) is 20.2. The fraction of sp³-hybridized carbons (Fsp3) is 0.458. The zero-order valence-electron chi connectivity index (χ0n) is 20.2. The lowest BCUT2D eigenvalue weighted by Gasteiger charge is -2.25. The predicted molar refractivity (Wildman–Crippen MR) is 129 cm³/mol. The molecule has 0 saturated carbocycles. The molecule has 190 valence electrons. The third-order valence-electron chi connectivity index (χ3n) is 5.32. The number of imidazole rings is 1. The number of carboxylic acid groups (broad SMARTS) is 1. The number of nitrogens with two attached hydrogens (primary N) is 1. The van der Waals surface area contributed by atoms with E-state index in [1.165, 1.54) is 19.4 Å². The van der Waals surface area contributed by atoms with E-state index in [1.807, 2.05) is 44.2 Å². The first kappa shape index (κ1) is 27.5. The highest BCUT2D eigenvalue weighted by Gasteiger charge is 2.30. The highest BCUT2D eigenvalue weighted by atomic mass is 16.4. The van der Waals surface area contributed by atoms with Gasteiger partial charge in [0, 0.05) is 24.7 Å². The van der Waals surface area contributed by atoms with Crippen molar-refractivity contribution in [3.8, 4) is 0 Å². The first-order chi connectivity index (χ1) is 16.6. The highest BCUT2D eigenvalue weighted by molar-refractivity contribution is 5.94. The molecule has 0 aliphatic rings. The number of nitrogens with zero attached hydrogens (tertiary/aromatic N) is 1. The van der Waals surface area contributed by atoms with Crippen molar-refractivity contribution in [2.24, 2.45) is 11.7 Å². The van der Waals surface area contributed by atoms with Gasteiger partial charge in [-0.25, -0.2) is 4.98 Å². The molecule has 0 radical (unpaired) electrons. The summed E-state index contributed by atoms with van der Waals surface area (Å²) in [5.74, 6) is -2.76. The third-order valence-corrected chi connectivity index (χ3v) is 5.32. The number of aromatic nitrogens is 2. The Labute approximate surface area is 204 Å². The molecule has 0 saturated heterocycles. The Balaban J connectivity index is 2.22. The molecule has 0 fully saturated rings. The molecular formula is C24H34N6O5. The van der Waals surface area contributed by atoms with Crippen molar-refractivity contribution >= 4 is 23.7 Å². The number of aromatic amines is 1. The van der Waals surface area contributed by atoms with Crippen molar-refractivity contribution < 1.29 is 24.3 Å². The van der Waals surface area contributed by atoms with Crippen LogP contribution in [0.15, 0.2) is 42.9 Å². The number of hydrogen-bond donors (Lipinski definition) is 6. The summed E-state index contributed by atoms with van der Waals surface area (Å²) >= 11 is 0. The SMILES string of the molecule is CC(C)CC(N)C(=O)NC(Cc1ccccc1)C(=O)NC(Cc1cnc[nH]1)C(=O)NC(C)C(=O)O. The minimum absolute atomic E-state index is 0.0444. The maximum atomic E-state index is 13.3. The third kappa shape index (κ3) is 9.20. The number of aliphatic carboxylic acids is 1. The standard InChI is InChI=1S/C24H34N6O5/c1-14(2)9-18(25)21(31)29-19(10-16-7-5-4-6-8-16)23(33)30-20(11-17-12-26-13-27-17)22(32)28-15(3)24(34)35/h4-8,12-15,18-20H,9-11,25H2,1-3H3,(H,26,27)(H,28,32)(H,29,31)(H,30,33)(H,34,35). The number of rotatable bonds is 13. The summed E-state index contributed by atoms with van der Waals surface area (Å²) in [6.45, 7) is 5.21. The number of hydrogen-bond acceptors (Lipinski definition) is 6. The molecule has 2 aromatic rings. The number of benzene rings is 1. The van der Waals surface area contributed by atoms with Crippen LogP contribution in [-0.4, -0.2) is 62.9 Å². The molecule has 0 aliphatic heterocycles. The largest absolute Gasteiger partial charge is 0.480 e. The van der Waals surface area contributed by atoms with Gasteiger partial charge >= 0.3 is 5.97 Å². The summed E-state index contributed by atoms with van der Waals surface area (Å²) in [7, 11) is 0. The Morgan fingerprint density at radius 1 is 0.943 bits per heavy atom. The maximum Gasteiger partial charge on any atom is 0.325 e. The number of carboxylic acids is 1. The smallest absolute Gasteiger partial charge is 0.325 e. The van der Waals surface area contributed by atoms with Gasteiger partial charge in [0.2, 0.25) is 17.7 Å². The van der Waals surface area contributed by atoms with Crippen molar-refractivity contribution in [2.75, 3.05) is 0 Å². The summed E-state index contributed by atoms with van der Waals surface area (Å²) in [5, 5.41) is 16.9. The fourth-order valence-corrected chi connectivity index (χ4v) is 3.43. The molecular weight excluding hydrogens is 452 g/mol. The molecule has 7 N–H and O–H groups in total. The average Bonchev–Trinajstić information content (AvgIpc) is 3.31. The van der Waals surface area contributed by atoms with E-state index in [-0.39, 0.29) is 18.8 Å². The lowest BCUT2D eigenvalue weighted by atomic mass is 10.0. The van der Waals surface area contributed by atoms with Crippen molar-refractivity contribution in [2.45, 2.75) is 64.2 Å². The van der Waals surface area contributed by atoms with Gasteiger partial charge in [-0.15, -0.1) is 0 Å². The Morgan fingerprint density at radius 3 is 2.11 bits per heavy atom. The summed E-state index contributed by atoms with van der Waals surface area (Å²) in [6, 6.07) is 5.06. The van der Waals surface area contributed by atoms with E-state index >= 15 is 0 Å². The van der Waals surface area contributed by atoms with Gasteiger partial charge in [0.25, 0.3) is 0 Å². The predicted octanol–water partition coefficient (Wildman–Crippen LogP) is 0.127. The normalized spacial score (nSPS) is 14.4. The van der Waals surface area contributed by atoms with E-state index < -0.39 is 47.9 Å². The van der Waals surface area contributed by atoms with Crippen LogP contribution in [0.4, 0.5) is 0 Å². The van der Waals surface area contributed by atoms with E-state index in [1.54, 1.807) is 0 Å². The van der Waals surface area contributed by atoms with E-state index in [0.29, 0.717) is 12.1 Å². The lowest BCUT2D eigenvalue weighted by molar-refractivity contribution is -0.141. The van der Waals surface area contributed by atoms with Crippen LogP contribution in [0.1, 0.15) is 38.4 Å². The maximum absolute atomic E-state index is 13.3. The van der Waals surface area contributed by atoms with Crippen molar-refractivity contribution in [3.05, 3.63) is 54.1 Å². The first-order valence-electron chi connectivity index (χ1n) is 11.5. The van der Waals surface area contributed by atoms with Gasteiger partial charge in [-0.2, -0.15) is 0 Å². The Kier molecular flexibility index (Phi) is 10.4. The van der Waals surface area contributed by atoms with Crippen LogP contribution in [-0.2, 0) is 32.0 Å². The lowest BCUT2D eigenvalue weighted by Crippen LogP contribution is -2.58. The monoisotopic (exact) mass is 486 g/mol. The van der Waals surface area contributed by atoms with Crippen LogP contribution in [0.25, 0.3) is 0 Å². The summed E-state index contributed by atoms with van der Waals surface area (Å²) < 4.78 is 0. The number of H-pyrrole nitrogens is 1. The molecule has 4 unspecified atom stereocenters. The van der Waals surface area contributed by atoms with Gasteiger partial charge in [0.05, 0.1) is 12.4 Å². The van der Waals surface area contributed by atoms with Crippen molar-refractivity contribution in [3.63, 3.8) is 0 Å². The quantitative estimate of drug-likeness (QED) is 0.233. The molecule has 2 rings (SSSR count). The summed E-state index contributed by atoms with van der Waals surface area (Å²) in [5.41, 5.74) is 7.38. The van der Waals surface area contributed by atoms with Gasteiger partial charge in [0.15, 0.2) is 0 Å². The minimum atomic E-state index is -1.21. The van der Waals surface area contributed by atoms with E-state index in [2.05, 4.69) is 25.9 Å². The van der Waals surface area contributed by atoms with Crippen LogP contribution < -0.4 is 21.7 Å². The van der Waals surface area contributed by atoms with E-state index in [0.717, 1.165) is 5.56 Å². The molecule has 1 aromatic heterocycles. The van der Waals surface area contributed by atoms with Gasteiger partial charge in [-0.3, -0.25) is 19.2 Å². The van der Waals surface area contributed by atoms with Crippen LogP contribution in [0.3, 0.4) is 0 Å². The molecule has 1 heterocycles.